The van der Waals surface area contributed by atoms with Crippen LogP contribution < -0.4 is 9.88 Å². The minimum atomic E-state index is -4.73. The van der Waals surface area contributed by atoms with Crippen LogP contribution in [0.2, 0.25) is 0 Å². The SMILES string of the molecule is NS(=O)(=O)c1cc(Br)c(OCCOC(F)(F)F)c(Br)c1. The molecule has 2 N–H and O–H groups in total. The lowest BCUT2D eigenvalue weighted by Crippen LogP contribution is -2.18. The topological polar surface area (TPSA) is 78.6 Å². The third kappa shape index (κ3) is 5.56. The summed E-state index contributed by atoms with van der Waals surface area (Å²) in [5.74, 6) is 0.142. The van der Waals surface area contributed by atoms with Gasteiger partial charge >= 0.3 is 6.36 Å². The van der Waals surface area contributed by atoms with Gasteiger partial charge in [-0.2, -0.15) is 0 Å². The molecule has 1 aromatic carbocycles. The molecular formula is C9H8Br2F3NO4S. The summed E-state index contributed by atoms with van der Waals surface area (Å²) in [5.41, 5.74) is 0. The summed E-state index contributed by atoms with van der Waals surface area (Å²) in [6, 6.07) is 2.36. The number of alkyl halides is 3. The second kappa shape index (κ2) is 6.60. The van der Waals surface area contributed by atoms with Crippen LogP contribution in [-0.2, 0) is 14.8 Å². The van der Waals surface area contributed by atoms with Gasteiger partial charge < -0.3 is 4.74 Å². The molecule has 1 aromatic rings. The molecule has 0 aliphatic heterocycles. The molecule has 5 nitrogen and oxygen atoms in total. The van der Waals surface area contributed by atoms with Gasteiger partial charge in [0.25, 0.3) is 0 Å². The van der Waals surface area contributed by atoms with Gasteiger partial charge in [-0.05, 0) is 44.0 Å². The first kappa shape index (κ1) is 17.7. The molecule has 0 aliphatic carbocycles. The molecule has 0 saturated heterocycles. The number of halogens is 5. The van der Waals surface area contributed by atoms with E-state index in [1.807, 2.05) is 0 Å². The molecule has 0 aromatic heterocycles. The van der Waals surface area contributed by atoms with Crippen molar-refractivity contribution in [1.82, 2.24) is 0 Å². The summed E-state index contributed by atoms with van der Waals surface area (Å²) in [7, 11) is -3.90. The molecule has 11 heteroatoms. The first-order valence-electron chi connectivity index (χ1n) is 4.86. The lowest BCUT2D eigenvalue weighted by molar-refractivity contribution is -0.325. The van der Waals surface area contributed by atoms with Crippen molar-refractivity contribution >= 4 is 41.9 Å². The van der Waals surface area contributed by atoms with Crippen LogP contribution in [-0.4, -0.2) is 28.0 Å². The lowest BCUT2D eigenvalue weighted by atomic mass is 10.3. The van der Waals surface area contributed by atoms with Crippen molar-refractivity contribution in [2.45, 2.75) is 11.3 Å². The Morgan fingerprint density at radius 1 is 1.15 bits per heavy atom. The largest absolute Gasteiger partial charge is 0.522 e. The second-order valence-electron chi connectivity index (χ2n) is 3.40. The van der Waals surface area contributed by atoms with Gasteiger partial charge in [0.15, 0.2) is 0 Å². The van der Waals surface area contributed by atoms with Gasteiger partial charge in [-0.15, -0.1) is 13.2 Å². The number of sulfonamides is 1. The fourth-order valence-corrected chi connectivity index (χ4v) is 3.42. The van der Waals surface area contributed by atoms with E-state index in [1.54, 1.807) is 0 Å². The van der Waals surface area contributed by atoms with Crippen molar-refractivity contribution < 1.29 is 31.1 Å². The second-order valence-corrected chi connectivity index (χ2v) is 6.67. The highest BCUT2D eigenvalue weighted by Gasteiger charge is 2.28. The Hall–Kier alpha value is -0.360. The van der Waals surface area contributed by atoms with E-state index in [1.165, 1.54) is 12.1 Å². The number of nitrogens with two attached hydrogens (primary N) is 1. The maximum atomic E-state index is 11.7. The maximum Gasteiger partial charge on any atom is 0.522 e. The highest BCUT2D eigenvalue weighted by atomic mass is 79.9. The first-order valence-corrected chi connectivity index (χ1v) is 7.99. The number of hydrogen-bond donors (Lipinski definition) is 1. The van der Waals surface area contributed by atoms with E-state index >= 15 is 0 Å². The molecule has 0 radical (unpaired) electrons. The van der Waals surface area contributed by atoms with Crippen LogP contribution in [0.3, 0.4) is 0 Å². The van der Waals surface area contributed by atoms with Gasteiger partial charge in [-0.1, -0.05) is 0 Å². The Morgan fingerprint density at radius 2 is 1.65 bits per heavy atom. The van der Waals surface area contributed by atoms with Crippen molar-refractivity contribution in [3.8, 4) is 5.75 Å². The summed E-state index contributed by atoms with van der Waals surface area (Å²) < 4.78 is 66.6. The van der Waals surface area contributed by atoms with Crippen molar-refractivity contribution in [2.24, 2.45) is 5.14 Å². The minimum absolute atomic E-state index is 0.142. The fraction of sp³-hybridized carbons (Fsp3) is 0.333. The van der Waals surface area contributed by atoms with Crippen molar-refractivity contribution in [2.75, 3.05) is 13.2 Å². The lowest BCUT2D eigenvalue weighted by Gasteiger charge is -2.12. The Kier molecular flexibility index (Phi) is 5.84. The average molecular weight is 443 g/mol. The third-order valence-electron chi connectivity index (χ3n) is 1.90. The zero-order chi connectivity index (χ0) is 15.6. The van der Waals surface area contributed by atoms with Gasteiger partial charge in [-0.25, -0.2) is 13.6 Å². The van der Waals surface area contributed by atoms with Gasteiger partial charge in [0.1, 0.15) is 12.4 Å². The summed E-state index contributed by atoms with van der Waals surface area (Å²) in [5, 5.41) is 4.96. The number of rotatable bonds is 5. The summed E-state index contributed by atoms with van der Waals surface area (Å²) >= 11 is 6.09. The van der Waals surface area contributed by atoms with Crippen LogP contribution in [0.5, 0.6) is 5.75 Å². The summed E-state index contributed by atoms with van der Waals surface area (Å²) in [6.45, 7) is -1.06. The predicted octanol–water partition coefficient (Wildman–Crippen LogP) is 2.77. The number of hydrogen-bond acceptors (Lipinski definition) is 4. The number of primary sulfonamides is 1. The summed E-state index contributed by atoms with van der Waals surface area (Å²) in [6.07, 6.45) is -4.73. The Labute approximate surface area is 129 Å². The van der Waals surface area contributed by atoms with Crippen molar-refractivity contribution in [3.05, 3.63) is 21.1 Å². The molecule has 0 fully saturated rings. The van der Waals surface area contributed by atoms with Crippen LogP contribution in [0.4, 0.5) is 13.2 Å². The van der Waals surface area contributed by atoms with Crippen LogP contribution in [0.15, 0.2) is 26.0 Å². The third-order valence-corrected chi connectivity index (χ3v) is 3.97. The molecule has 0 heterocycles. The number of benzene rings is 1. The van der Waals surface area contributed by atoms with E-state index in [9.17, 15) is 21.6 Å². The maximum absolute atomic E-state index is 11.7. The molecule has 1 rings (SSSR count). The molecule has 0 aliphatic rings. The highest BCUT2D eigenvalue weighted by Crippen LogP contribution is 2.35. The molecule has 114 valence electrons. The molecule has 0 atom stereocenters. The van der Waals surface area contributed by atoms with Crippen LogP contribution in [0.25, 0.3) is 0 Å². The van der Waals surface area contributed by atoms with Crippen molar-refractivity contribution in [1.29, 1.82) is 0 Å². The quantitative estimate of drug-likeness (QED) is 0.711. The van der Waals surface area contributed by atoms with Crippen LogP contribution >= 0.6 is 31.9 Å². The van der Waals surface area contributed by atoms with Gasteiger partial charge in [0.2, 0.25) is 10.0 Å². The molecule has 0 saturated carbocycles. The van der Waals surface area contributed by atoms with Gasteiger partial charge in [0, 0.05) is 0 Å². The minimum Gasteiger partial charge on any atom is -0.489 e. The highest BCUT2D eigenvalue weighted by molar-refractivity contribution is 9.11. The normalized spacial score (nSPS) is 12.5. The Balaban J connectivity index is 2.78. The first-order chi connectivity index (χ1) is 9.00. The van der Waals surface area contributed by atoms with Gasteiger partial charge in [-0.3, -0.25) is 4.74 Å². The molecule has 0 bridgehead atoms. The van der Waals surface area contributed by atoms with Crippen LogP contribution in [0.1, 0.15) is 0 Å². The Morgan fingerprint density at radius 3 is 2.05 bits per heavy atom. The van der Waals surface area contributed by atoms with Crippen LogP contribution in [0, 0.1) is 0 Å². The fourth-order valence-electron chi connectivity index (χ4n) is 1.14. The zero-order valence-electron chi connectivity index (χ0n) is 9.58. The van der Waals surface area contributed by atoms with E-state index in [2.05, 4.69) is 36.6 Å². The zero-order valence-corrected chi connectivity index (χ0v) is 13.6. The van der Waals surface area contributed by atoms with E-state index in [0.29, 0.717) is 0 Å². The van der Waals surface area contributed by atoms with E-state index < -0.39 is 23.0 Å². The van der Waals surface area contributed by atoms with E-state index in [0.717, 1.165) is 0 Å². The predicted molar refractivity (Wildman–Crippen MR) is 70.7 cm³/mol. The Bertz CT molecular complexity index is 568. The smallest absolute Gasteiger partial charge is 0.489 e. The molecule has 0 unspecified atom stereocenters. The van der Waals surface area contributed by atoms with E-state index in [4.69, 9.17) is 9.88 Å². The molecular weight excluding hydrogens is 435 g/mol. The van der Waals surface area contributed by atoms with Gasteiger partial charge in [0.05, 0.1) is 20.4 Å². The average Bonchev–Trinajstić information content (AvgIpc) is 2.23. The number of ether oxygens (including phenoxy) is 2. The molecule has 20 heavy (non-hydrogen) atoms. The monoisotopic (exact) mass is 441 g/mol. The summed E-state index contributed by atoms with van der Waals surface area (Å²) in [4.78, 5) is -0.171. The molecule has 0 spiro atoms. The standard InChI is InChI=1S/C9H8Br2F3NO4S/c10-6-3-5(20(15,16)17)4-7(11)8(6)18-1-2-19-9(12,13)14/h3-4H,1-2H2,(H2,15,16,17). The van der Waals surface area contributed by atoms with Crippen molar-refractivity contribution in [3.63, 3.8) is 0 Å². The van der Waals surface area contributed by atoms with E-state index in [-0.39, 0.29) is 26.2 Å². The molecule has 0 amide bonds.